The predicted octanol–water partition coefficient (Wildman–Crippen LogP) is 3.17. The fourth-order valence-electron chi connectivity index (χ4n) is 2.21. The third kappa shape index (κ3) is 6.14. The lowest BCUT2D eigenvalue weighted by Crippen LogP contribution is -2.20. The van der Waals surface area contributed by atoms with Gasteiger partial charge in [0.25, 0.3) is 5.91 Å². The maximum atomic E-state index is 12.1. The van der Waals surface area contributed by atoms with Crippen LogP contribution in [-0.2, 0) is 14.4 Å². The Kier molecular flexibility index (Phi) is 6.54. The van der Waals surface area contributed by atoms with Crippen molar-refractivity contribution >= 4 is 23.5 Å². The van der Waals surface area contributed by atoms with E-state index in [1.165, 1.54) is 32.0 Å². The lowest BCUT2D eigenvalue weighted by atomic mass is 10.1. The monoisotopic (exact) mass is 371 g/mol. The van der Waals surface area contributed by atoms with Crippen molar-refractivity contribution in [3.8, 4) is 17.2 Å². The average molecular weight is 371 g/mol. The number of nitrogens with one attached hydrogen (secondary N) is 1. The van der Waals surface area contributed by atoms with Crippen LogP contribution in [0.5, 0.6) is 17.2 Å². The van der Waals surface area contributed by atoms with Gasteiger partial charge in [0.15, 0.2) is 18.1 Å². The molecule has 2 rings (SSSR count). The number of carbonyl (C=O) groups is 3. The number of esters is 2. The number of carbonyl (C=O) groups excluding carboxylic acids is 3. The van der Waals surface area contributed by atoms with E-state index in [2.05, 4.69) is 5.32 Å². The summed E-state index contributed by atoms with van der Waals surface area (Å²) in [4.78, 5) is 34.5. The van der Waals surface area contributed by atoms with Crippen LogP contribution in [0.25, 0.3) is 0 Å². The van der Waals surface area contributed by atoms with Crippen LogP contribution < -0.4 is 19.5 Å². The molecule has 0 saturated heterocycles. The molecule has 0 aliphatic heterocycles. The second-order valence-electron chi connectivity index (χ2n) is 5.93. The summed E-state index contributed by atoms with van der Waals surface area (Å²) < 4.78 is 15.5. The van der Waals surface area contributed by atoms with Crippen molar-refractivity contribution in [1.29, 1.82) is 0 Å². The Hall–Kier alpha value is -3.35. The molecule has 1 amide bonds. The van der Waals surface area contributed by atoms with Crippen molar-refractivity contribution in [2.75, 3.05) is 11.9 Å². The van der Waals surface area contributed by atoms with Crippen LogP contribution in [0.1, 0.15) is 25.0 Å². The largest absolute Gasteiger partial charge is 0.484 e. The Labute approximate surface area is 157 Å². The van der Waals surface area contributed by atoms with Crippen LogP contribution in [0, 0.1) is 13.8 Å². The van der Waals surface area contributed by atoms with Gasteiger partial charge in [-0.05, 0) is 49.2 Å². The molecule has 0 spiro atoms. The van der Waals surface area contributed by atoms with Crippen LogP contribution in [0.2, 0.25) is 0 Å². The van der Waals surface area contributed by atoms with Gasteiger partial charge in [-0.15, -0.1) is 0 Å². The number of ether oxygens (including phenoxy) is 3. The van der Waals surface area contributed by atoms with E-state index >= 15 is 0 Å². The van der Waals surface area contributed by atoms with E-state index in [0.717, 1.165) is 11.1 Å². The molecule has 142 valence electrons. The number of aryl methyl sites for hydroxylation is 2. The van der Waals surface area contributed by atoms with Crippen molar-refractivity contribution in [2.45, 2.75) is 27.7 Å². The number of benzene rings is 2. The minimum absolute atomic E-state index is 0.0329. The molecular formula is C20H21NO6. The second kappa shape index (κ2) is 8.84. The number of amides is 1. The molecule has 0 aliphatic carbocycles. The molecule has 0 bridgehead atoms. The summed E-state index contributed by atoms with van der Waals surface area (Å²) in [5.74, 6) is -0.805. The van der Waals surface area contributed by atoms with Gasteiger partial charge in [-0.3, -0.25) is 14.4 Å². The minimum Gasteiger partial charge on any atom is -0.484 e. The average Bonchev–Trinajstić information content (AvgIpc) is 2.57. The minimum atomic E-state index is -0.579. The molecule has 27 heavy (non-hydrogen) atoms. The first-order valence-corrected chi connectivity index (χ1v) is 8.25. The van der Waals surface area contributed by atoms with E-state index in [1.54, 1.807) is 6.07 Å². The highest BCUT2D eigenvalue weighted by Crippen LogP contribution is 2.31. The van der Waals surface area contributed by atoms with Crippen molar-refractivity contribution in [1.82, 2.24) is 0 Å². The Bertz CT molecular complexity index is 875. The molecule has 0 atom stereocenters. The molecule has 0 radical (unpaired) electrons. The van der Waals surface area contributed by atoms with Gasteiger partial charge in [-0.25, -0.2) is 0 Å². The maximum absolute atomic E-state index is 12.1. The molecule has 0 unspecified atom stereocenters. The van der Waals surface area contributed by atoms with Gasteiger partial charge in [0.05, 0.1) is 0 Å². The zero-order valence-corrected chi connectivity index (χ0v) is 15.6. The van der Waals surface area contributed by atoms with Crippen molar-refractivity contribution < 1.29 is 28.6 Å². The van der Waals surface area contributed by atoms with Crippen LogP contribution in [-0.4, -0.2) is 24.5 Å². The highest BCUT2D eigenvalue weighted by molar-refractivity contribution is 5.92. The van der Waals surface area contributed by atoms with E-state index in [1.807, 2.05) is 26.0 Å². The van der Waals surface area contributed by atoms with Crippen LogP contribution in [0.15, 0.2) is 36.4 Å². The first kappa shape index (κ1) is 20.0. The number of hydrogen-bond donors (Lipinski definition) is 1. The fourth-order valence-corrected chi connectivity index (χ4v) is 2.21. The zero-order chi connectivity index (χ0) is 20.0. The predicted molar refractivity (Wildman–Crippen MR) is 99.1 cm³/mol. The van der Waals surface area contributed by atoms with Gasteiger partial charge >= 0.3 is 11.9 Å². The summed E-state index contributed by atoms with van der Waals surface area (Å²) in [7, 11) is 0. The molecule has 2 aromatic carbocycles. The first-order chi connectivity index (χ1) is 12.7. The zero-order valence-electron chi connectivity index (χ0n) is 15.6. The first-order valence-electron chi connectivity index (χ1n) is 8.25. The molecular weight excluding hydrogens is 350 g/mol. The molecule has 0 fully saturated rings. The molecule has 0 aromatic heterocycles. The number of rotatable bonds is 6. The Morgan fingerprint density at radius 3 is 2.15 bits per heavy atom. The molecule has 1 N–H and O–H groups in total. The summed E-state index contributed by atoms with van der Waals surface area (Å²) in [6.07, 6.45) is 0. The van der Waals surface area contributed by atoms with Crippen molar-refractivity contribution in [2.24, 2.45) is 0 Å². The Morgan fingerprint density at radius 1 is 0.852 bits per heavy atom. The molecule has 2 aromatic rings. The fraction of sp³-hybridized carbons (Fsp3) is 0.250. The standard InChI is InChI=1S/C20H21NO6/c1-12-5-7-17(9-13(12)2)25-11-20(24)21-16-6-8-18(26-14(3)22)19(10-16)27-15(4)23/h5-10H,11H2,1-4H3,(H,21,24). The van der Waals surface area contributed by atoms with E-state index in [9.17, 15) is 14.4 Å². The van der Waals surface area contributed by atoms with Crippen molar-refractivity contribution in [3.63, 3.8) is 0 Å². The summed E-state index contributed by atoms with van der Waals surface area (Å²) >= 11 is 0. The van der Waals surface area contributed by atoms with Gasteiger partial charge in [0.2, 0.25) is 0 Å². The molecule has 0 heterocycles. The highest BCUT2D eigenvalue weighted by Gasteiger charge is 2.13. The van der Waals surface area contributed by atoms with Crippen LogP contribution in [0.4, 0.5) is 5.69 Å². The molecule has 7 nitrogen and oxygen atoms in total. The molecule has 0 aliphatic rings. The second-order valence-corrected chi connectivity index (χ2v) is 5.93. The summed E-state index contributed by atoms with van der Waals surface area (Å²) in [5.41, 5.74) is 2.58. The highest BCUT2D eigenvalue weighted by atomic mass is 16.6. The lowest BCUT2D eigenvalue weighted by molar-refractivity contribution is -0.134. The topological polar surface area (TPSA) is 90.9 Å². The van der Waals surface area contributed by atoms with E-state index in [0.29, 0.717) is 11.4 Å². The van der Waals surface area contributed by atoms with E-state index in [4.69, 9.17) is 14.2 Å². The third-order valence-corrected chi connectivity index (χ3v) is 3.58. The van der Waals surface area contributed by atoms with Crippen LogP contribution >= 0.6 is 0 Å². The smallest absolute Gasteiger partial charge is 0.308 e. The molecule has 0 saturated carbocycles. The van der Waals surface area contributed by atoms with E-state index in [-0.39, 0.29) is 24.0 Å². The summed E-state index contributed by atoms with van der Waals surface area (Å²) in [5, 5.41) is 2.64. The SMILES string of the molecule is CC(=O)Oc1ccc(NC(=O)COc2ccc(C)c(C)c2)cc1OC(C)=O. The number of hydrogen-bond acceptors (Lipinski definition) is 6. The number of anilines is 1. The van der Waals surface area contributed by atoms with Crippen molar-refractivity contribution in [3.05, 3.63) is 47.5 Å². The van der Waals surface area contributed by atoms with Gasteiger partial charge in [-0.2, -0.15) is 0 Å². The normalized spacial score (nSPS) is 10.1. The summed E-state index contributed by atoms with van der Waals surface area (Å²) in [6.45, 7) is 6.23. The van der Waals surface area contributed by atoms with E-state index < -0.39 is 11.9 Å². The summed E-state index contributed by atoms with van der Waals surface area (Å²) in [6, 6.07) is 9.92. The Morgan fingerprint density at radius 2 is 1.52 bits per heavy atom. The lowest BCUT2D eigenvalue weighted by Gasteiger charge is -2.12. The maximum Gasteiger partial charge on any atom is 0.308 e. The third-order valence-electron chi connectivity index (χ3n) is 3.58. The van der Waals surface area contributed by atoms with Gasteiger partial charge < -0.3 is 19.5 Å². The molecule has 7 heteroatoms. The van der Waals surface area contributed by atoms with Gasteiger partial charge in [0, 0.05) is 25.6 Å². The van der Waals surface area contributed by atoms with Gasteiger partial charge in [-0.1, -0.05) is 6.07 Å². The quantitative estimate of drug-likeness (QED) is 0.619. The van der Waals surface area contributed by atoms with Gasteiger partial charge in [0.1, 0.15) is 5.75 Å². The Balaban J connectivity index is 2.04. The van der Waals surface area contributed by atoms with Crippen LogP contribution in [0.3, 0.4) is 0 Å².